The van der Waals surface area contributed by atoms with Crippen LogP contribution in [0.3, 0.4) is 0 Å². The number of nitrogens with zero attached hydrogens (tertiary/aromatic N) is 2. The van der Waals surface area contributed by atoms with E-state index in [1.165, 1.54) is 0 Å². The third kappa shape index (κ3) is 8.62. The van der Waals surface area contributed by atoms with Gasteiger partial charge in [-0.25, -0.2) is 0 Å². The number of benzene rings is 3. The molecular formula is C46H47F3N4O9. The molecule has 4 aromatic rings. The number of alkyl halides is 3. The minimum atomic E-state index is -5.23. The highest BCUT2D eigenvalue weighted by Crippen LogP contribution is 2.58. The van der Waals surface area contributed by atoms with E-state index < -0.39 is 70.0 Å². The van der Waals surface area contributed by atoms with Gasteiger partial charge in [0.1, 0.15) is 30.3 Å². The number of aliphatic hydroxyl groups excluding tert-OH is 1. The number of ketones is 2. The molecule has 3 aliphatic rings. The van der Waals surface area contributed by atoms with Gasteiger partial charge >= 0.3 is 6.36 Å². The Kier molecular flexibility index (Phi) is 13.0. The Morgan fingerprint density at radius 2 is 1.66 bits per heavy atom. The highest BCUT2D eigenvalue weighted by molar-refractivity contribution is 6.17. The van der Waals surface area contributed by atoms with Crippen LogP contribution in [0.2, 0.25) is 0 Å². The van der Waals surface area contributed by atoms with E-state index >= 15 is 4.79 Å². The summed E-state index contributed by atoms with van der Waals surface area (Å²) < 4.78 is 65.2. The lowest BCUT2D eigenvalue weighted by Gasteiger charge is -2.50. The fourth-order valence-corrected chi connectivity index (χ4v) is 8.62. The predicted octanol–water partition coefficient (Wildman–Crippen LogP) is 7.59. The molecule has 1 aromatic heterocycles. The molecule has 1 heterocycles. The molecule has 7 rings (SSSR count). The fourth-order valence-electron chi connectivity index (χ4n) is 8.62. The van der Waals surface area contributed by atoms with Crippen molar-refractivity contribution in [3.8, 4) is 17.4 Å². The van der Waals surface area contributed by atoms with Gasteiger partial charge in [0.25, 0.3) is 5.88 Å². The maximum atomic E-state index is 15.1. The molecule has 13 nitrogen and oxygen atoms in total. The third-order valence-corrected chi connectivity index (χ3v) is 11.3. The van der Waals surface area contributed by atoms with Gasteiger partial charge in [-0.3, -0.25) is 19.3 Å². The quantitative estimate of drug-likeness (QED) is 0.0572. The standard InChI is InChI=1S/C46H47F3N4O9/c1-4-7-18-50-24-34(54)51-32-23-33(61-46(47,48)49)30-21-29-22-31-38(53(19-5-2)20-6-3)41-37(44(52-62-41)60-26-28-16-12-9-13-17-28)43(57)45(31,58)42(56)35(29)39(55)36(30)40(32)59-25-27-14-10-8-11-15-27/h5-6,8-17,23,29,31,38,50,56,58H,2-4,7,18-22,24-26H2,1H3,(H,51,54)/t29-,31-,38-,45-/m0/s1. The predicted molar refractivity (Wildman–Crippen MR) is 221 cm³/mol. The Morgan fingerprint density at radius 3 is 2.27 bits per heavy atom. The second kappa shape index (κ2) is 18.4. The highest BCUT2D eigenvalue weighted by Gasteiger charge is 2.64. The lowest BCUT2D eigenvalue weighted by molar-refractivity contribution is -0.275. The van der Waals surface area contributed by atoms with Crippen LogP contribution in [0.4, 0.5) is 18.9 Å². The molecule has 0 unspecified atom stereocenters. The number of aromatic nitrogens is 1. The summed E-state index contributed by atoms with van der Waals surface area (Å²) >= 11 is 0. The number of nitrogens with one attached hydrogen (secondary N) is 2. The van der Waals surface area contributed by atoms with Crippen molar-refractivity contribution in [3.63, 3.8) is 0 Å². The highest BCUT2D eigenvalue weighted by atomic mass is 19.4. The molecule has 0 saturated heterocycles. The molecule has 0 saturated carbocycles. The Bertz CT molecular complexity index is 2360. The zero-order chi connectivity index (χ0) is 44.2. The molecule has 0 fully saturated rings. The maximum Gasteiger partial charge on any atom is 0.573 e. The number of anilines is 1. The van der Waals surface area contributed by atoms with E-state index in [0.717, 1.165) is 24.5 Å². The number of hydrogen-bond donors (Lipinski definition) is 4. The molecule has 0 spiro atoms. The number of halogens is 3. The van der Waals surface area contributed by atoms with Crippen molar-refractivity contribution >= 4 is 23.2 Å². The molecular weight excluding hydrogens is 810 g/mol. The summed E-state index contributed by atoms with van der Waals surface area (Å²) in [6, 6.07) is 17.7. The first-order chi connectivity index (χ1) is 29.8. The van der Waals surface area contributed by atoms with Crippen LogP contribution in [0.5, 0.6) is 17.4 Å². The molecule has 1 amide bonds. The number of carbonyl (C=O) groups is 3. The molecule has 326 valence electrons. The van der Waals surface area contributed by atoms with Crippen molar-refractivity contribution < 1.29 is 56.5 Å². The number of amides is 1. The average Bonchev–Trinajstić information content (AvgIpc) is 3.67. The number of fused-ring (bicyclic) bond motifs is 4. The summed E-state index contributed by atoms with van der Waals surface area (Å²) in [5, 5.41) is 34.8. The van der Waals surface area contributed by atoms with Crippen LogP contribution in [0.15, 0.2) is 108 Å². The number of rotatable bonds is 18. The van der Waals surface area contributed by atoms with E-state index in [-0.39, 0.29) is 79.9 Å². The van der Waals surface area contributed by atoms with Gasteiger partial charge < -0.3 is 39.6 Å². The first kappa shape index (κ1) is 43.8. The number of allylic oxidation sites excluding steroid dienone is 1. The molecule has 16 heteroatoms. The van der Waals surface area contributed by atoms with E-state index in [0.29, 0.717) is 12.1 Å². The summed E-state index contributed by atoms with van der Waals surface area (Å²) in [6.45, 7) is 10.1. The SMILES string of the molecule is C=CCN(CC=C)[C@@H]1c2onc(OCc3ccccc3)c2C(=O)[C@@]2(O)C(O)=C3C(=O)c4c(c(OC(F)(F)F)cc(NC(=O)CNCCCC)c4OCc4ccccc4)C[C@H]3C[C@@H]12. The first-order valence-electron chi connectivity index (χ1n) is 20.3. The first-order valence-corrected chi connectivity index (χ1v) is 20.3. The maximum absolute atomic E-state index is 15.1. The van der Waals surface area contributed by atoms with E-state index in [1.807, 2.05) is 13.0 Å². The minimum Gasteiger partial charge on any atom is -0.508 e. The Balaban J connectivity index is 1.38. The van der Waals surface area contributed by atoms with Gasteiger partial charge in [-0.05, 0) is 48.0 Å². The number of ether oxygens (including phenoxy) is 3. The van der Waals surface area contributed by atoms with Gasteiger partial charge in [-0.2, -0.15) is 0 Å². The number of aliphatic hydroxyl groups is 2. The van der Waals surface area contributed by atoms with E-state index in [1.54, 1.807) is 71.6 Å². The molecule has 0 aliphatic heterocycles. The van der Waals surface area contributed by atoms with E-state index in [2.05, 4.69) is 33.7 Å². The molecule has 4 N–H and O–H groups in total. The average molecular weight is 857 g/mol. The topological polar surface area (TPSA) is 173 Å². The van der Waals surface area contributed by atoms with Gasteiger partial charge in [0.2, 0.25) is 11.7 Å². The fraction of sp³-hybridized carbons (Fsp3) is 0.348. The molecule has 3 aromatic carbocycles. The number of hydrogen-bond acceptors (Lipinski definition) is 12. The number of Topliss-reactive ketones (excluding diaryl/α,β-unsaturated/α-hetero) is 2. The Labute approximate surface area is 355 Å². The van der Waals surface area contributed by atoms with Gasteiger partial charge in [-0.1, -0.05) is 86.2 Å². The number of carbonyl (C=O) groups excluding carboxylic acids is 3. The third-order valence-electron chi connectivity index (χ3n) is 11.3. The summed E-state index contributed by atoms with van der Waals surface area (Å²) in [5.74, 6) is -7.26. The van der Waals surface area contributed by atoms with Crippen LogP contribution >= 0.6 is 0 Å². The van der Waals surface area contributed by atoms with Crippen LogP contribution < -0.4 is 24.8 Å². The molecule has 0 bridgehead atoms. The molecule has 3 aliphatic carbocycles. The van der Waals surface area contributed by atoms with Gasteiger partial charge in [0, 0.05) is 36.2 Å². The van der Waals surface area contributed by atoms with Crippen molar-refractivity contribution in [1.82, 2.24) is 15.4 Å². The van der Waals surface area contributed by atoms with Gasteiger partial charge in [-0.15, -0.1) is 26.3 Å². The van der Waals surface area contributed by atoms with Crippen molar-refractivity contribution in [2.45, 2.75) is 63.8 Å². The van der Waals surface area contributed by atoms with E-state index in [9.17, 15) is 33.0 Å². The largest absolute Gasteiger partial charge is 0.573 e. The lowest BCUT2D eigenvalue weighted by atomic mass is 9.58. The monoisotopic (exact) mass is 856 g/mol. The molecule has 4 atom stereocenters. The van der Waals surface area contributed by atoms with Crippen LogP contribution in [-0.4, -0.2) is 75.9 Å². The van der Waals surface area contributed by atoms with Crippen molar-refractivity contribution in [2.24, 2.45) is 11.8 Å². The smallest absolute Gasteiger partial charge is 0.508 e. The molecule has 62 heavy (non-hydrogen) atoms. The van der Waals surface area contributed by atoms with Crippen LogP contribution in [0.1, 0.15) is 75.4 Å². The summed E-state index contributed by atoms with van der Waals surface area (Å²) in [4.78, 5) is 44.9. The second-order valence-electron chi connectivity index (χ2n) is 15.4. The molecule has 0 radical (unpaired) electrons. The zero-order valence-electron chi connectivity index (χ0n) is 34.0. The number of unbranched alkanes of at least 4 members (excludes halogenated alkanes) is 1. The van der Waals surface area contributed by atoms with Gasteiger partial charge in [0.15, 0.2) is 22.9 Å². The van der Waals surface area contributed by atoms with E-state index in [4.69, 9.17) is 14.0 Å². The van der Waals surface area contributed by atoms with Crippen molar-refractivity contribution in [2.75, 3.05) is 31.5 Å². The zero-order valence-corrected chi connectivity index (χ0v) is 34.0. The van der Waals surface area contributed by atoms with Crippen LogP contribution in [-0.2, 0) is 24.4 Å². The van der Waals surface area contributed by atoms with Crippen molar-refractivity contribution in [1.29, 1.82) is 0 Å². The van der Waals surface area contributed by atoms with Crippen LogP contribution in [0, 0.1) is 11.8 Å². The Morgan fingerprint density at radius 1 is 1.02 bits per heavy atom. The lowest BCUT2D eigenvalue weighted by Crippen LogP contribution is -2.60. The second-order valence-corrected chi connectivity index (χ2v) is 15.4. The van der Waals surface area contributed by atoms with Crippen molar-refractivity contribution in [3.05, 3.63) is 137 Å². The summed E-state index contributed by atoms with van der Waals surface area (Å²) in [7, 11) is 0. The van der Waals surface area contributed by atoms with Gasteiger partial charge in [0.05, 0.1) is 23.8 Å². The Hall–Kier alpha value is -6.23. The normalized spacial score (nSPS) is 20.5. The minimum absolute atomic E-state index is 0.0254. The summed E-state index contributed by atoms with van der Waals surface area (Å²) in [5.41, 5.74) is -3.00. The van der Waals surface area contributed by atoms with Crippen LogP contribution in [0.25, 0.3) is 0 Å². The summed E-state index contributed by atoms with van der Waals surface area (Å²) in [6.07, 6.45) is -0.956.